The second kappa shape index (κ2) is 5.81. The molecular formula is C15H18N4OS. The van der Waals surface area contributed by atoms with E-state index < -0.39 is 0 Å². The molecule has 0 bridgehead atoms. The van der Waals surface area contributed by atoms with Crippen molar-refractivity contribution >= 4 is 22.5 Å². The second-order valence-corrected chi connectivity index (χ2v) is 6.62. The average molecular weight is 302 g/mol. The maximum atomic E-state index is 12.0. The van der Waals surface area contributed by atoms with E-state index in [0.29, 0.717) is 11.7 Å². The molecule has 1 aromatic carbocycles. The van der Waals surface area contributed by atoms with E-state index in [1.807, 2.05) is 13.0 Å². The minimum atomic E-state index is -0.214. The average Bonchev–Trinajstić information content (AvgIpc) is 2.84. The molecule has 0 unspecified atom stereocenters. The molecule has 0 radical (unpaired) electrons. The number of anilines is 1. The summed E-state index contributed by atoms with van der Waals surface area (Å²) in [7, 11) is 0. The number of hydrogen-bond donors (Lipinski definition) is 2. The zero-order valence-electron chi connectivity index (χ0n) is 11.9. The van der Waals surface area contributed by atoms with Crippen molar-refractivity contribution in [2.24, 2.45) is 0 Å². The van der Waals surface area contributed by atoms with Gasteiger partial charge in [0.25, 0.3) is 0 Å². The highest BCUT2D eigenvalue weighted by molar-refractivity contribution is 7.15. The van der Waals surface area contributed by atoms with Crippen LogP contribution in [0.1, 0.15) is 29.8 Å². The van der Waals surface area contributed by atoms with E-state index in [0.717, 1.165) is 17.8 Å². The van der Waals surface area contributed by atoms with Crippen molar-refractivity contribution < 1.29 is 4.79 Å². The fourth-order valence-corrected chi connectivity index (χ4v) is 3.29. The lowest BCUT2D eigenvalue weighted by molar-refractivity contribution is 0.222. The number of nitrogens with zero attached hydrogens (tertiary/aromatic N) is 2. The van der Waals surface area contributed by atoms with Crippen LogP contribution in [0.25, 0.3) is 0 Å². The Morgan fingerprint density at radius 2 is 2.05 bits per heavy atom. The number of rotatable bonds is 4. The number of aromatic nitrogens is 2. The SMILES string of the molecule is Cc1nnc(NC(=O)NCC2(c3ccccc3)CCC2)s1. The van der Waals surface area contributed by atoms with Crippen molar-refractivity contribution in [1.82, 2.24) is 15.5 Å². The van der Waals surface area contributed by atoms with E-state index in [4.69, 9.17) is 0 Å². The number of nitrogens with one attached hydrogen (secondary N) is 2. The second-order valence-electron chi connectivity index (χ2n) is 5.43. The summed E-state index contributed by atoms with van der Waals surface area (Å²) in [4.78, 5) is 12.0. The van der Waals surface area contributed by atoms with Crippen molar-refractivity contribution in [3.05, 3.63) is 40.9 Å². The van der Waals surface area contributed by atoms with E-state index in [1.165, 1.54) is 23.3 Å². The van der Waals surface area contributed by atoms with Gasteiger partial charge >= 0.3 is 6.03 Å². The molecular weight excluding hydrogens is 284 g/mol. The van der Waals surface area contributed by atoms with Gasteiger partial charge in [0, 0.05) is 12.0 Å². The first-order valence-corrected chi connectivity index (χ1v) is 7.90. The molecule has 0 atom stereocenters. The molecule has 1 saturated carbocycles. The number of urea groups is 1. The Hall–Kier alpha value is -1.95. The molecule has 0 spiro atoms. The topological polar surface area (TPSA) is 66.9 Å². The third kappa shape index (κ3) is 3.05. The lowest BCUT2D eigenvalue weighted by Gasteiger charge is -2.42. The highest BCUT2D eigenvalue weighted by Crippen LogP contribution is 2.43. The van der Waals surface area contributed by atoms with Crippen LogP contribution in [0.5, 0.6) is 0 Å². The standard InChI is InChI=1S/C15H18N4OS/c1-11-18-19-14(21-11)17-13(20)16-10-15(8-5-9-15)12-6-3-2-4-7-12/h2-4,6-7H,5,8-10H2,1H3,(H2,16,17,19,20). The number of carbonyl (C=O) groups is 1. The quantitative estimate of drug-likeness (QED) is 0.912. The summed E-state index contributed by atoms with van der Waals surface area (Å²) in [6.45, 7) is 2.51. The summed E-state index contributed by atoms with van der Waals surface area (Å²) in [5.41, 5.74) is 1.40. The lowest BCUT2D eigenvalue weighted by Crippen LogP contribution is -2.46. The molecule has 21 heavy (non-hydrogen) atoms. The Bertz CT molecular complexity index is 622. The summed E-state index contributed by atoms with van der Waals surface area (Å²) in [6, 6.07) is 10.2. The zero-order chi connectivity index (χ0) is 14.7. The van der Waals surface area contributed by atoms with Crippen molar-refractivity contribution in [2.45, 2.75) is 31.6 Å². The molecule has 3 rings (SSSR count). The molecule has 2 aromatic rings. The van der Waals surface area contributed by atoms with E-state index in [-0.39, 0.29) is 11.4 Å². The molecule has 110 valence electrons. The third-order valence-electron chi connectivity index (χ3n) is 4.03. The van der Waals surface area contributed by atoms with Crippen LogP contribution in [0, 0.1) is 6.92 Å². The van der Waals surface area contributed by atoms with Gasteiger partial charge in [0.15, 0.2) is 0 Å². The number of carbonyl (C=O) groups excluding carboxylic acids is 1. The Morgan fingerprint density at radius 1 is 1.29 bits per heavy atom. The first kappa shape index (κ1) is 14.0. The van der Waals surface area contributed by atoms with Gasteiger partial charge in [0.1, 0.15) is 5.01 Å². The van der Waals surface area contributed by atoms with Crippen LogP contribution in [0.2, 0.25) is 0 Å². The van der Waals surface area contributed by atoms with E-state index in [2.05, 4.69) is 45.1 Å². The van der Waals surface area contributed by atoms with Gasteiger partial charge in [-0.3, -0.25) is 5.32 Å². The largest absolute Gasteiger partial charge is 0.337 e. The van der Waals surface area contributed by atoms with Gasteiger partial charge in [0.2, 0.25) is 5.13 Å². The van der Waals surface area contributed by atoms with Crippen LogP contribution in [0.3, 0.4) is 0 Å². The Morgan fingerprint density at radius 3 is 2.62 bits per heavy atom. The predicted molar refractivity (Wildman–Crippen MR) is 83.6 cm³/mol. The van der Waals surface area contributed by atoms with Gasteiger partial charge in [0.05, 0.1) is 0 Å². The summed E-state index contributed by atoms with van der Waals surface area (Å²) in [6.07, 6.45) is 3.46. The summed E-state index contributed by atoms with van der Waals surface area (Å²) in [5.74, 6) is 0. The van der Waals surface area contributed by atoms with E-state index in [1.54, 1.807) is 0 Å². The van der Waals surface area contributed by atoms with Crippen molar-refractivity contribution in [3.63, 3.8) is 0 Å². The fraction of sp³-hybridized carbons (Fsp3) is 0.400. The van der Waals surface area contributed by atoms with Crippen LogP contribution in [-0.4, -0.2) is 22.8 Å². The van der Waals surface area contributed by atoms with Crippen molar-refractivity contribution in [1.29, 1.82) is 0 Å². The zero-order valence-corrected chi connectivity index (χ0v) is 12.7. The van der Waals surface area contributed by atoms with Crippen molar-refractivity contribution in [3.8, 4) is 0 Å². The molecule has 2 amide bonds. The van der Waals surface area contributed by atoms with E-state index in [9.17, 15) is 4.79 Å². The Labute approximate surface area is 127 Å². The lowest BCUT2D eigenvalue weighted by atomic mass is 9.64. The third-order valence-corrected chi connectivity index (χ3v) is 4.78. The molecule has 1 heterocycles. The molecule has 1 aromatic heterocycles. The van der Waals surface area contributed by atoms with Gasteiger partial charge in [-0.1, -0.05) is 48.1 Å². The summed E-state index contributed by atoms with van der Waals surface area (Å²) < 4.78 is 0. The predicted octanol–water partition coefficient (Wildman–Crippen LogP) is 3.09. The van der Waals surface area contributed by atoms with Gasteiger partial charge in [-0.05, 0) is 25.3 Å². The number of hydrogen-bond acceptors (Lipinski definition) is 4. The van der Waals surface area contributed by atoms with Crippen LogP contribution in [0.15, 0.2) is 30.3 Å². The maximum absolute atomic E-state index is 12.0. The van der Waals surface area contributed by atoms with Crippen LogP contribution in [0.4, 0.5) is 9.93 Å². The number of amides is 2. The minimum absolute atomic E-state index is 0.0929. The molecule has 6 heteroatoms. The van der Waals surface area contributed by atoms with Gasteiger partial charge in [-0.25, -0.2) is 4.79 Å². The Kier molecular flexibility index (Phi) is 3.88. The normalized spacial score (nSPS) is 16.0. The number of benzene rings is 1. The molecule has 1 fully saturated rings. The maximum Gasteiger partial charge on any atom is 0.321 e. The van der Waals surface area contributed by atoms with Gasteiger partial charge in [-0.15, -0.1) is 10.2 Å². The summed E-state index contributed by atoms with van der Waals surface area (Å²) in [5, 5.41) is 14.8. The first-order valence-electron chi connectivity index (χ1n) is 7.08. The first-order chi connectivity index (χ1) is 10.2. The molecule has 2 N–H and O–H groups in total. The van der Waals surface area contributed by atoms with Crippen molar-refractivity contribution in [2.75, 3.05) is 11.9 Å². The number of aryl methyl sites for hydroxylation is 1. The van der Waals surface area contributed by atoms with Crippen LogP contribution in [-0.2, 0) is 5.41 Å². The van der Waals surface area contributed by atoms with Gasteiger partial charge < -0.3 is 5.32 Å². The molecule has 5 nitrogen and oxygen atoms in total. The fourth-order valence-electron chi connectivity index (χ4n) is 2.70. The molecule has 1 aliphatic rings. The van der Waals surface area contributed by atoms with Gasteiger partial charge in [-0.2, -0.15) is 0 Å². The molecule has 1 aliphatic carbocycles. The van der Waals surface area contributed by atoms with E-state index >= 15 is 0 Å². The smallest absolute Gasteiger partial charge is 0.321 e. The van der Waals surface area contributed by atoms with Crippen LogP contribution < -0.4 is 10.6 Å². The Balaban J connectivity index is 1.59. The molecule has 0 aliphatic heterocycles. The minimum Gasteiger partial charge on any atom is -0.337 e. The highest BCUT2D eigenvalue weighted by Gasteiger charge is 2.38. The highest BCUT2D eigenvalue weighted by atomic mass is 32.1. The summed E-state index contributed by atoms with van der Waals surface area (Å²) >= 11 is 1.37. The van der Waals surface area contributed by atoms with Crippen LogP contribution >= 0.6 is 11.3 Å². The monoisotopic (exact) mass is 302 g/mol. The molecule has 0 saturated heterocycles.